The predicted octanol–water partition coefficient (Wildman–Crippen LogP) is 1.71. The third-order valence-corrected chi connectivity index (χ3v) is 8.85. The first-order chi connectivity index (χ1) is 15.1. The molecule has 1 aliphatic rings. The molecule has 1 fully saturated rings. The van der Waals surface area contributed by atoms with Crippen LogP contribution in [0.2, 0.25) is 0 Å². The Morgan fingerprint density at radius 1 is 1.28 bits per heavy atom. The van der Waals surface area contributed by atoms with Gasteiger partial charge in [-0.15, -0.1) is 0 Å². The highest BCUT2D eigenvalue weighted by atomic mass is 33.1. The third kappa shape index (κ3) is 5.79. The number of carbonyl (C=O) groups is 4. The molecule has 2 N–H and O–H groups in total. The van der Waals surface area contributed by atoms with Crippen molar-refractivity contribution in [2.24, 2.45) is 0 Å². The molecule has 0 aromatic carbocycles. The van der Waals surface area contributed by atoms with E-state index in [1.54, 1.807) is 25.1 Å². The molecular weight excluding hydrogens is 482 g/mol. The summed E-state index contributed by atoms with van der Waals surface area (Å²) in [5.74, 6) is -3.67. The fourth-order valence-electron chi connectivity index (χ4n) is 3.00. The zero-order valence-electron chi connectivity index (χ0n) is 17.3. The maximum atomic E-state index is 13.3. The van der Waals surface area contributed by atoms with Gasteiger partial charge < -0.3 is 4.84 Å². The van der Waals surface area contributed by atoms with E-state index < -0.39 is 43.9 Å². The van der Waals surface area contributed by atoms with Crippen molar-refractivity contribution in [2.45, 2.75) is 61.1 Å². The molecule has 2 atom stereocenters. The van der Waals surface area contributed by atoms with Crippen molar-refractivity contribution >= 4 is 55.4 Å². The Morgan fingerprint density at radius 3 is 2.44 bits per heavy atom. The van der Waals surface area contributed by atoms with Gasteiger partial charge in [0, 0.05) is 25.5 Å². The average molecular weight is 506 g/mol. The van der Waals surface area contributed by atoms with E-state index in [4.69, 9.17) is 4.84 Å². The van der Waals surface area contributed by atoms with Gasteiger partial charge >= 0.3 is 5.97 Å². The van der Waals surface area contributed by atoms with Crippen molar-refractivity contribution in [3.05, 3.63) is 24.4 Å². The molecule has 0 saturated carbocycles. The second-order valence-corrected chi connectivity index (χ2v) is 10.7. The Labute approximate surface area is 193 Å². The summed E-state index contributed by atoms with van der Waals surface area (Å²) >= 11 is 0. The quantitative estimate of drug-likeness (QED) is 0.206. The lowest BCUT2D eigenvalue weighted by atomic mass is 10.1. The predicted molar refractivity (Wildman–Crippen MR) is 116 cm³/mol. The fourth-order valence-corrected chi connectivity index (χ4v) is 7.60. The van der Waals surface area contributed by atoms with Gasteiger partial charge in [0.05, 0.1) is 0 Å². The minimum Gasteiger partial charge on any atom is -0.337 e. The number of hydroxylamine groups is 1. The van der Waals surface area contributed by atoms with Crippen molar-refractivity contribution in [3.63, 3.8) is 0 Å². The Kier molecular flexibility index (Phi) is 9.07. The summed E-state index contributed by atoms with van der Waals surface area (Å²) in [4.78, 5) is 57.3. The van der Waals surface area contributed by atoms with Gasteiger partial charge in [-0.1, -0.05) is 26.3 Å². The topological polar surface area (TPSA) is 160 Å². The van der Waals surface area contributed by atoms with Gasteiger partial charge in [-0.25, -0.2) is 9.78 Å². The highest BCUT2D eigenvalue weighted by molar-refractivity contribution is 8.77. The van der Waals surface area contributed by atoms with Crippen LogP contribution in [0.5, 0.6) is 0 Å². The Morgan fingerprint density at radius 2 is 1.94 bits per heavy atom. The van der Waals surface area contributed by atoms with Crippen molar-refractivity contribution in [3.8, 4) is 0 Å². The van der Waals surface area contributed by atoms with Gasteiger partial charge in [0.15, 0.2) is 0 Å². The maximum absolute atomic E-state index is 13.3. The smallest absolute Gasteiger partial charge is 0.337 e. The summed E-state index contributed by atoms with van der Waals surface area (Å²) in [6.07, 6.45) is 0.841. The number of carbonyl (C=O) groups excluding carboxylic acids is 4. The van der Waals surface area contributed by atoms with E-state index in [0.29, 0.717) is 20.7 Å². The lowest BCUT2D eigenvalue weighted by molar-refractivity contribution is -0.169. The van der Waals surface area contributed by atoms with Crippen molar-refractivity contribution in [1.29, 1.82) is 0 Å². The van der Waals surface area contributed by atoms with Gasteiger partial charge in [-0.3, -0.25) is 23.8 Å². The first-order valence-electron chi connectivity index (χ1n) is 9.66. The van der Waals surface area contributed by atoms with Crippen LogP contribution in [0.25, 0.3) is 0 Å². The van der Waals surface area contributed by atoms with Crippen LogP contribution in [-0.4, -0.2) is 56.7 Å². The summed E-state index contributed by atoms with van der Waals surface area (Å²) < 4.78 is 34.9. The summed E-state index contributed by atoms with van der Waals surface area (Å²) in [6, 6.07) is 4.86. The summed E-state index contributed by atoms with van der Waals surface area (Å²) in [5, 5.41) is -1.57. The van der Waals surface area contributed by atoms with Crippen LogP contribution in [-0.2, 0) is 34.1 Å². The molecule has 1 saturated heterocycles. The lowest BCUT2D eigenvalue weighted by Crippen LogP contribution is -2.64. The number of imide groups is 1. The molecule has 1 aliphatic heterocycles. The molecule has 1 aromatic heterocycles. The van der Waals surface area contributed by atoms with Gasteiger partial charge in [0.25, 0.3) is 16.0 Å². The number of pyridine rings is 1. The third-order valence-electron chi connectivity index (χ3n) is 4.49. The number of likely N-dealkylation sites (tertiary alicyclic amines) is 1. The zero-order valence-corrected chi connectivity index (χ0v) is 19.8. The van der Waals surface area contributed by atoms with Crippen molar-refractivity contribution < 1.29 is 37.0 Å². The number of aromatic nitrogens is 1. The molecule has 1 aromatic rings. The summed E-state index contributed by atoms with van der Waals surface area (Å²) in [5.41, 5.74) is 1.88. The van der Waals surface area contributed by atoms with Crippen molar-refractivity contribution in [1.82, 2.24) is 15.4 Å². The largest absolute Gasteiger partial charge is 0.370 e. The summed E-state index contributed by atoms with van der Waals surface area (Å²) in [6.45, 7) is 3.10. The minimum atomic E-state index is -4.98. The van der Waals surface area contributed by atoms with Crippen LogP contribution in [0.4, 0.5) is 0 Å². The standard InChI is InChI=1S/C18H23N3O8S3/c1-3-7-12(32(26,27)28)18(17(25)29-20-13(22)4-2,21-15(23)9-10-16(21)24)31-30-14-8-5-6-11-19-14/h5-6,8,11-12H,3-4,7,9-10H2,1-2H3,(H,20,22)(H,26,27,28). The molecule has 14 heteroatoms. The molecule has 176 valence electrons. The molecule has 0 spiro atoms. The molecular formula is C18H23N3O8S3. The molecule has 0 aliphatic carbocycles. The number of nitrogens with one attached hydrogen (secondary N) is 1. The van der Waals surface area contributed by atoms with Crippen LogP contribution in [0.15, 0.2) is 29.4 Å². The number of nitrogens with zero attached hydrogens (tertiary/aromatic N) is 2. The first-order valence-corrected chi connectivity index (χ1v) is 13.3. The molecule has 32 heavy (non-hydrogen) atoms. The monoisotopic (exact) mass is 505 g/mol. The second-order valence-electron chi connectivity index (χ2n) is 6.71. The Hall–Kier alpha value is -2.16. The molecule has 2 rings (SSSR count). The number of hydrogen-bond acceptors (Lipinski definition) is 10. The van der Waals surface area contributed by atoms with Gasteiger partial charge in [-0.05, 0) is 40.1 Å². The Bertz CT molecular complexity index is 957. The molecule has 2 unspecified atom stereocenters. The SMILES string of the molecule is CCCC(C(SSc1ccccn1)(C(=O)ONC(=O)CC)N1C(=O)CCC1=O)S(=O)(=O)O. The maximum Gasteiger partial charge on any atom is 0.370 e. The molecule has 2 heterocycles. The van der Waals surface area contributed by atoms with E-state index in [-0.39, 0.29) is 32.1 Å². The highest BCUT2D eigenvalue weighted by Gasteiger charge is 2.62. The second kappa shape index (κ2) is 11.1. The highest BCUT2D eigenvalue weighted by Crippen LogP contribution is 2.49. The van der Waals surface area contributed by atoms with Gasteiger partial charge in [-0.2, -0.15) is 13.9 Å². The summed E-state index contributed by atoms with van der Waals surface area (Å²) in [7, 11) is -3.61. The van der Waals surface area contributed by atoms with E-state index in [0.717, 1.165) is 10.8 Å². The lowest BCUT2D eigenvalue weighted by Gasteiger charge is -2.40. The molecule has 11 nitrogen and oxygen atoms in total. The number of amides is 3. The van der Waals surface area contributed by atoms with Crippen LogP contribution < -0.4 is 5.48 Å². The van der Waals surface area contributed by atoms with Crippen molar-refractivity contribution in [2.75, 3.05) is 0 Å². The normalized spacial score (nSPS) is 17.0. The van der Waals surface area contributed by atoms with Crippen LogP contribution >= 0.6 is 21.6 Å². The van der Waals surface area contributed by atoms with Crippen LogP contribution in [0.3, 0.4) is 0 Å². The van der Waals surface area contributed by atoms with E-state index in [1.165, 1.54) is 13.1 Å². The van der Waals surface area contributed by atoms with E-state index >= 15 is 0 Å². The molecule has 0 radical (unpaired) electrons. The first kappa shape index (κ1) is 26.1. The molecule has 3 amide bonds. The number of hydrogen-bond donors (Lipinski definition) is 2. The Balaban J connectivity index is 2.66. The fraction of sp³-hybridized carbons (Fsp3) is 0.500. The van der Waals surface area contributed by atoms with E-state index in [1.807, 2.05) is 5.48 Å². The molecule has 0 bridgehead atoms. The minimum absolute atomic E-state index is 0.0473. The average Bonchev–Trinajstić information content (AvgIpc) is 3.10. The number of rotatable bonds is 10. The van der Waals surface area contributed by atoms with E-state index in [2.05, 4.69) is 4.98 Å². The van der Waals surface area contributed by atoms with Crippen LogP contribution in [0, 0.1) is 0 Å². The van der Waals surface area contributed by atoms with E-state index in [9.17, 15) is 32.1 Å². The zero-order chi connectivity index (χ0) is 23.9. The van der Waals surface area contributed by atoms with Gasteiger partial charge in [0.1, 0.15) is 10.3 Å². The van der Waals surface area contributed by atoms with Crippen LogP contribution in [0.1, 0.15) is 46.0 Å². The van der Waals surface area contributed by atoms with Gasteiger partial charge in [0.2, 0.25) is 16.7 Å².